The first-order valence-electron chi connectivity index (χ1n) is 7.39. The first-order chi connectivity index (χ1) is 8.70. The lowest BCUT2D eigenvalue weighted by Gasteiger charge is -2.24. The molecular weight excluding hydrogens is 240 g/mol. The average molecular weight is 266 g/mol. The van der Waals surface area contributed by atoms with E-state index in [1.165, 1.54) is 42.0 Å². The molecule has 102 valence electrons. The van der Waals surface area contributed by atoms with Gasteiger partial charge in [0.25, 0.3) is 0 Å². The van der Waals surface area contributed by atoms with Gasteiger partial charge in [0.2, 0.25) is 0 Å². The molecule has 0 radical (unpaired) electrons. The first-order valence-corrected chi connectivity index (χ1v) is 8.21. The molecular formula is C15H26N2S. The minimum absolute atomic E-state index is 0.456. The third kappa shape index (κ3) is 3.55. The summed E-state index contributed by atoms with van der Waals surface area (Å²) in [6.07, 6.45) is 8.74. The molecule has 0 spiro atoms. The maximum absolute atomic E-state index is 4.68. The summed E-state index contributed by atoms with van der Waals surface area (Å²) in [5, 5.41) is 4.92. The van der Waals surface area contributed by atoms with Crippen LogP contribution >= 0.6 is 11.3 Å². The normalized spacial score (nSPS) is 26.2. The van der Waals surface area contributed by atoms with Crippen LogP contribution in [0.5, 0.6) is 0 Å². The van der Waals surface area contributed by atoms with Gasteiger partial charge in [0.05, 0.1) is 5.01 Å². The summed E-state index contributed by atoms with van der Waals surface area (Å²) in [7, 11) is 0. The summed E-state index contributed by atoms with van der Waals surface area (Å²) in [4.78, 5) is 6.08. The largest absolute Gasteiger partial charge is 0.309 e. The summed E-state index contributed by atoms with van der Waals surface area (Å²) in [5.41, 5.74) is 0. The van der Waals surface area contributed by atoms with Gasteiger partial charge in [-0.2, -0.15) is 0 Å². The molecule has 2 rings (SSSR count). The van der Waals surface area contributed by atoms with Gasteiger partial charge in [-0.15, -0.1) is 11.3 Å². The monoisotopic (exact) mass is 266 g/mol. The zero-order valence-electron chi connectivity index (χ0n) is 11.9. The molecule has 3 unspecified atom stereocenters. The van der Waals surface area contributed by atoms with E-state index in [1.54, 1.807) is 0 Å². The zero-order valence-corrected chi connectivity index (χ0v) is 12.7. The number of nitrogens with one attached hydrogen (secondary N) is 1. The van der Waals surface area contributed by atoms with E-state index in [-0.39, 0.29) is 0 Å². The van der Waals surface area contributed by atoms with Crippen molar-refractivity contribution in [3.05, 3.63) is 16.1 Å². The lowest BCUT2D eigenvalue weighted by atomic mass is 9.83. The lowest BCUT2D eigenvalue weighted by Crippen LogP contribution is -2.18. The van der Waals surface area contributed by atoms with Gasteiger partial charge in [-0.05, 0) is 38.6 Å². The highest BCUT2D eigenvalue weighted by molar-refractivity contribution is 7.11. The molecule has 0 aromatic carbocycles. The van der Waals surface area contributed by atoms with Crippen molar-refractivity contribution in [1.29, 1.82) is 0 Å². The number of hydrogen-bond acceptors (Lipinski definition) is 3. The van der Waals surface area contributed by atoms with Gasteiger partial charge in [-0.25, -0.2) is 4.98 Å². The zero-order chi connectivity index (χ0) is 13.0. The van der Waals surface area contributed by atoms with Crippen molar-refractivity contribution in [2.75, 3.05) is 6.54 Å². The van der Waals surface area contributed by atoms with E-state index in [0.29, 0.717) is 6.04 Å². The molecule has 1 heterocycles. The van der Waals surface area contributed by atoms with E-state index in [9.17, 15) is 0 Å². The van der Waals surface area contributed by atoms with Crippen molar-refractivity contribution >= 4 is 11.3 Å². The smallest absolute Gasteiger partial charge is 0.0959 e. The standard InChI is InChI=1S/C15H26N2S/c1-4-8-16-12(3)14-10-17-15(18-14)13-7-5-6-11(2)9-13/h10-13,16H,4-9H2,1-3H3. The fourth-order valence-electron chi connectivity index (χ4n) is 2.81. The highest BCUT2D eigenvalue weighted by Crippen LogP contribution is 2.38. The maximum Gasteiger partial charge on any atom is 0.0959 e. The van der Waals surface area contributed by atoms with Gasteiger partial charge < -0.3 is 5.32 Å². The maximum atomic E-state index is 4.68. The van der Waals surface area contributed by atoms with E-state index in [0.717, 1.165) is 18.4 Å². The van der Waals surface area contributed by atoms with E-state index >= 15 is 0 Å². The van der Waals surface area contributed by atoms with Crippen LogP contribution in [0.3, 0.4) is 0 Å². The molecule has 0 bridgehead atoms. The quantitative estimate of drug-likeness (QED) is 0.849. The topological polar surface area (TPSA) is 24.9 Å². The summed E-state index contributed by atoms with van der Waals surface area (Å²) < 4.78 is 0. The van der Waals surface area contributed by atoms with Gasteiger partial charge >= 0.3 is 0 Å². The molecule has 0 amide bonds. The molecule has 18 heavy (non-hydrogen) atoms. The van der Waals surface area contributed by atoms with E-state index in [4.69, 9.17) is 0 Å². The Morgan fingerprint density at radius 3 is 3.06 bits per heavy atom. The number of nitrogens with zero attached hydrogens (tertiary/aromatic N) is 1. The van der Waals surface area contributed by atoms with E-state index < -0.39 is 0 Å². The fraction of sp³-hybridized carbons (Fsp3) is 0.800. The second kappa shape index (κ2) is 6.67. The fourth-order valence-corrected chi connectivity index (χ4v) is 3.90. The van der Waals surface area contributed by atoms with Gasteiger partial charge in [0.15, 0.2) is 0 Å². The van der Waals surface area contributed by atoms with Crippen LogP contribution in [0, 0.1) is 5.92 Å². The first kappa shape index (κ1) is 14.0. The Morgan fingerprint density at radius 2 is 2.33 bits per heavy atom. The van der Waals surface area contributed by atoms with Crippen LogP contribution in [-0.4, -0.2) is 11.5 Å². The summed E-state index contributed by atoms with van der Waals surface area (Å²) in [6, 6.07) is 0.456. The molecule has 1 aromatic rings. The van der Waals surface area contributed by atoms with Gasteiger partial charge in [-0.1, -0.05) is 26.7 Å². The molecule has 1 aliphatic carbocycles. The molecule has 1 saturated carbocycles. The third-order valence-electron chi connectivity index (χ3n) is 3.95. The van der Waals surface area contributed by atoms with Crippen molar-refractivity contribution < 1.29 is 0 Å². The Labute approximate surface area is 115 Å². The average Bonchev–Trinajstić information content (AvgIpc) is 2.85. The highest BCUT2D eigenvalue weighted by atomic mass is 32.1. The molecule has 1 fully saturated rings. The Balaban J connectivity index is 1.96. The summed E-state index contributed by atoms with van der Waals surface area (Å²) >= 11 is 1.93. The predicted molar refractivity (Wildman–Crippen MR) is 79.2 cm³/mol. The summed E-state index contributed by atoms with van der Waals surface area (Å²) in [5.74, 6) is 1.61. The predicted octanol–water partition coefficient (Wildman–Crippen LogP) is 4.50. The number of rotatable bonds is 5. The van der Waals surface area contributed by atoms with Crippen molar-refractivity contribution in [2.24, 2.45) is 5.92 Å². The molecule has 1 aliphatic rings. The van der Waals surface area contributed by atoms with Crippen molar-refractivity contribution in [1.82, 2.24) is 10.3 Å². The van der Waals surface area contributed by atoms with E-state index in [2.05, 4.69) is 37.3 Å². The molecule has 1 aromatic heterocycles. The molecule has 3 atom stereocenters. The van der Waals surface area contributed by atoms with Crippen LogP contribution in [0.4, 0.5) is 0 Å². The van der Waals surface area contributed by atoms with Crippen LogP contribution in [0.2, 0.25) is 0 Å². The molecule has 1 N–H and O–H groups in total. The Morgan fingerprint density at radius 1 is 1.50 bits per heavy atom. The highest BCUT2D eigenvalue weighted by Gasteiger charge is 2.23. The van der Waals surface area contributed by atoms with Gasteiger partial charge in [0, 0.05) is 23.0 Å². The van der Waals surface area contributed by atoms with E-state index in [1.807, 2.05) is 11.3 Å². The number of aromatic nitrogens is 1. The second-order valence-electron chi connectivity index (χ2n) is 5.75. The van der Waals surface area contributed by atoms with Crippen molar-refractivity contribution in [3.63, 3.8) is 0 Å². The second-order valence-corrected chi connectivity index (χ2v) is 6.84. The molecule has 2 nitrogen and oxygen atoms in total. The number of thiazole rings is 1. The van der Waals surface area contributed by atoms with Crippen LogP contribution in [0.25, 0.3) is 0 Å². The number of hydrogen-bond donors (Lipinski definition) is 1. The molecule has 0 saturated heterocycles. The molecule has 3 heteroatoms. The Kier molecular flexibility index (Phi) is 5.19. The van der Waals surface area contributed by atoms with Gasteiger partial charge in [0.1, 0.15) is 0 Å². The summed E-state index contributed by atoms with van der Waals surface area (Å²) in [6.45, 7) is 7.93. The third-order valence-corrected chi connectivity index (χ3v) is 5.30. The van der Waals surface area contributed by atoms with Crippen LogP contribution in [0.1, 0.15) is 74.7 Å². The molecule has 0 aliphatic heterocycles. The SMILES string of the molecule is CCCNC(C)c1cnc(C2CCCC(C)C2)s1. The Hall–Kier alpha value is -0.410. The minimum Gasteiger partial charge on any atom is -0.309 e. The van der Waals surface area contributed by atoms with Crippen LogP contribution < -0.4 is 5.32 Å². The van der Waals surface area contributed by atoms with Crippen molar-refractivity contribution in [2.45, 2.75) is 64.8 Å². The minimum atomic E-state index is 0.456. The van der Waals surface area contributed by atoms with Crippen molar-refractivity contribution in [3.8, 4) is 0 Å². The van der Waals surface area contributed by atoms with Crippen LogP contribution in [0.15, 0.2) is 6.20 Å². The lowest BCUT2D eigenvalue weighted by molar-refractivity contribution is 0.343. The van der Waals surface area contributed by atoms with Crippen LogP contribution in [-0.2, 0) is 0 Å². The van der Waals surface area contributed by atoms with Gasteiger partial charge in [-0.3, -0.25) is 0 Å². The Bertz CT molecular complexity index is 361.